The third-order valence-corrected chi connectivity index (χ3v) is 2.98. The quantitative estimate of drug-likeness (QED) is 0.800. The topological polar surface area (TPSA) is 55.6 Å². The lowest BCUT2D eigenvalue weighted by molar-refractivity contribution is 0.356. The van der Waals surface area contributed by atoms with Crippen LogP contribution in [-0.2, 0) is 6.42 Å². The molecule has 1 aliphatic heterocycles. The summed E-state index contributed by atoms with van der Waals surface area (Å²) >= 11 is 0. The summed E-state index contributed by atoms with van der Waals surface area (Å²) in [5.74, 6) is 1.78. The molecule has 0 unspecified atom stereocenters. The molecule has 0 spiro atoms. The van der Waals surface area contributed by atoms with Crippen molar-refractivity contribution in [1.82, 2.24) is 25.5 Å². The van der Waals surface area contributed by atoms with Gasteiger partial charge in [-0.2, -0.15) is 0 Å². The number of rotatable bonds is 3. The van der Waals surface area contributed by atoms with Crippen molar-refractivity contribution < 1.29 is 0 Å². The van der Waals surface area contributed by atoms with E-state index in [0.29, 0.717) is 6.04 Å². The maximum atomic E-state index is 4.11. The van der Waals surface area contributed by atoms with Gasteiger partial charge in [-0.15, -0.1) is 5.10 Å². The van der Waals surface area contributed by atoms with E-state index in [9.17, 15) is 0 Å². The molecule has 0 aliphatic carbocycles. The van der Waals surface area contributed by atoms with Crippen molar-refractivity contribution in [3.8, 4) is 0 Å². The Hall–Kier alpha value is -0.970. The predicted molar refractivity (Wildman–Crippen MR) is 57.5 cm³/mol. The Kier molecular flexibility index (Phi) is 3.30. The zero-order valence-electron chi connectivity index (χ0n) is 9.48. The predicted octanol–water partition coefficient (Wildman–Crippen LogP) is 0.796. The van der Waals surface area contributed by atoms with Gasteiger partial charge in [0.25, 0.3) is 0 Å². The second kappa shape index (κ2) is 4.70. The van der Waals surface area contributed by atoms with Crippen LogP contribution in [0.3, 0.4) is 0 Å². The van der Waals surface area contributed by atoms with Crippen molar-refractivity contribution in [3.05, 3.63) is 5.82 Å². The van der Waals surface area contributed by atoms with E-state index < -0.39 is 0 Å². The highest BCUT2D eigenvalue weighted by Gasteiger charge is 2.18. The summed E-state index contributed by atoms with van der Waals surface area (Å²) in [5, 5.41) is 15.3. The van der Waals surface area contributed by atoms with Crippen LogP contribution in [0.25, 0.3) is 0 Å². The molecule has 0 amide bonds. The van der Waals surface area contributed by atoms with Crippen LogP contribution in [0.4, 0.5) is 0 Å². The van der Waals surface area contributed by atoms with E-state index >= 15 is 0 Å². The molecule has 5 heteroatoms. The fraction of sp³-hybridized carbons (Fsp3) is 0.900. The van der Waals surface area contributed by atoms with Crippen LogP contribution >= 0.6 is 0 Å². The molecular weight excluding hydrogens is 190 g/mol. The van der Waals surface area contributed by atoms with Gasteiger partial charge in [0.05, 0.1) is 6.04 Å². The molecule has 0 aromatic carbocycles. The Balaban J connectivity index is 1.99. The average molecular weight is 209 g/mol. The molecule has 1 aliphatic rings. The standard InChI is InChI=1S/C10H19N5/c1-8(2)15-10(12-13-14-15)7-9-3-5-11-6-4-9/h8-9,11H,3-7H2,1-2H3. The number of hydrogen-bond acceptors (Lipinski definition) is 4. The summed E-state index contributed by atoms with van der Waals surface area (Å²) < 4.78 is 1.93. The molecule has 2 rings (SSSR count). The molecule has 15 heavy (non-hydrogen) atoms. The molecule has 0 bridgehead atoms. The van der Waals surface area contributed by atoms with Gasteiger partial charge < -0.3 is 5.32 Å². The SMILES string of the molecule is CC(C)n1nnnc1CC1CCNCC1. The molecule has 1 aromatic rings. The maximum absolute atomic E-state index is 4.11. The van der Waals surface area contributed by atoms with Gasteiger partial charge in [0.1, 0.15) is 0 Å². The van der Waals surface area contributed by atoms with Crippen LogP contribution in [0.15, 0.2) is 0 Å². The number of aromatic nitrogens is 4. The Morgan fingerprint density at radius 2 is 2.13 bits per heavy atom. The monoisotopic (exact) mass is 209 g/mol. The highest BCUT2D eigenvalue weighted by Crippen LogP contribution is 2.17. The molecule has 1 saturated heterocycles. The zero-order chi connectivity index (χ0) is 10.7. The minimum atomic E-state index is 0.358. The number of tetrazole rings is 1. The fourth-order valence-electron chi connectivity index (χ4n) is 2.09. The third kappa shape index (κ3) is 2.53. The van der Waals surface area contributed by atoms with Gasteiger partial charge in [0.15, 0.2) is 5.82 Å². The summed E-state index contributed by atoms with van der Waals surface area (Å²) in [5.41, 5.74) is 0. The fourth-order valence-corrected chi connectivity index (χ4v) is 2.09. The summed E-state index contributed by atoms with van der Waals surface area (Å²) in [6.45, 7) is 6.49. The Bertz CT molecular complexity index is 301. The average Bonchev–Trinajstić information content (AvgIpc) is 2.67. The van der Waals surface area contributed by atoms with Crippen molar-refractivity contribution in [2.75, 3.05) is 13.1 Å². The van der Waals surface area contributed by atoms with E-state index in [2.05, 4.69) is 34.7 Å². The molecule has 0 saturated carbocycles. The largest absolute Gasteiger partial charge is 0.317 e. The molecule has 0 atom stereocenters. The van der Waals surface area contributed by atoms with E-state index in [1.807, 2.05) is 4.68 Å². The van der Waals surface area contributed by atoms with Crippen molar-refractivity contribution >= 4 is 0 Å². The van der Waals surface area contributed by atoms with Crippen LogP contribution < -0.4 is 5.32 Å². The molecular formula is C10H19N5. The molecule has 84 valence electrons. The van der Waals surface area contributed by atoms with E-state index in [1.54, 1.807) is 0 Å². The van der Waals surface area contributed by atoms with E-state index in [-0.39, 0.29) is 0 Å². The number of nitrogens with one attached hydrogen (secondary N) is 1. The van der Waals surface area contributed by atoms with Crippen LogP contribution in [0, 0.1) is 5.92 Å². The Morgan fingerprint density at radius 3 is 2.80 bits per heavy atom. The summed E-state index contributed by atoms with van der Waals surface area (Å²) in [4.78, 5) is 0. The second-order valence-electron chi connectivity index (χ2n) is 4.53. The number of hydrogen-bond donors (Lipinski definition) is 1. The minimum Gasteiger partial charge on any atom is -0.317 e. The Morgan fingerprint density at radius 1 is 1.40 bits per heavy atom. The Labute approximate surface area is 90.2 Å². The minimum absolute atomic E-state index is 0.358. The molecule has 2 heterocycles. The van der Waals surface area contributed by atoms with Crippen LogP contribution in [0.2, 0.25) is 0 Å². The van der Waals surface area contributed by atoms with Gasteiger partial charge in [-0.3, -0.25) is 0 Å². The van der Waals surface area contributed by atoms with Crippen molar-refractivity contribution in [2.24, 2.45) is 5.92 Å². The first-order chi connectivity index (χ1) is 7.27. The number of piperidine rings is 1. The van der Waals surface area contributed by atoms with Crippen molar-refractivity contribution in [2.45, 2.75) is 39.2 Å². The third-order valence-electron chi connectivity index (χ3n) is 2.98. The van der Waals surface area contributed by atoms with Gasteiger partial charge in [-0.05, 0) is 56.1 Å². The molecule has 1 fully saturated rings. The summed E-state index contributed by atoms with van der Waals surface area (Å²) in [6.07, 6.45) is 3.50. The lowest BCUT2D eigenvalue weighted by atomic mass is 9.94. The van der Waals surface area contributed by atoms with E-state index in [4.69, 9.17) is 0 Å². The van der Waals surface area contributed by atoms with Gasteiger partial charge in [0.2, 0.25) is 0 Å². The van der Waals surface area contributed by atoms with Crippen molar-refractivity contribution in [3.63, 3.8) is 0 Å². The first-order valence-corrected chi connectivity index (χ1v) is 5.75. The lowest BCUT2D eigenvalue weighted by Gasteiger charge is -2.22. The van der Waals surface area contributed by atoms with Crippen molar-refractivity contribution in [1.29, 1.82) is 0 Å². The molecule has 1 N–H and O–H groups in total. The zero-order valence-corrected chi connectivity index (χ0v) is 9.48. The first kappa shape index (κ1) is 10.5. The lowest BCUT2D eigenvalue weighted by Crippen LogP contribution is -2.29. The van der Waals surface area contributed by atoms with Crippen LogP contribution in [0.5, 0.6) is 0 Å². The van der Waals surface area contributed by atoms with E-state index in [1.165, 1.54) is 12.8 Å². The molecule has 5 nitrogen and oxygen atoms in total. The molecule has 0 radical (unpaired) electrons. The maximum Gasteiger partial charge on any atom is 0.151 e. The van der Waals surface area contributed by atoms with E-state index in [0.717, 1.165) is 31.3 Å². The second-order valence-corrected chi connectivity index (χ2v) is 4.53. The van der Waals surface area contributed by atoms with Gasteiger partial charge in [-0.25, -0.2) is 4.68 Å². The summed E-state index contributed by atoms with van der Waals surface area (Å²) in [6, 6.07) is 0.358. The molecule has 1 aromatic heterocycles. The highest BCUT2D eigenvalue weighted by molar-refractivity contribution is 4.87. The van der Waals surface area contributed by atoms with Crippen LogP contribution in [0.1, 0.15) is 38.6 Å². The highest BCUT2D eigenvalue weighted by atomic mass is 15.5. The van der Waals surface area contributed by atoms with Crippen LogP contribution in [-0.4, -0.2) is 33.3 Å². The first-order valence-electron chi connectivity index (χ1n) is 5.75. The normalized spacial score (nSPS) is 18.6. The number of nitrogens with zero attached hydrogens (tertiary/aromatic N) is 4. The summed E-state index contributed by atoms with van der Waals surface area (Å²) in [7, 11) is 0. The van der Waals surface area contributed by atoms with Gasteiger partial charge in [-0.1, -0.05) is 0 Å². The van der Waals surface area contributed by atoms with Gasteiger partial charge in [0, 0.05) is 6.42 Å². The smallest absolute Gasteiger partial charge is 0.151 e. The van der Waals surface area contributed by atoms with Gasteiger partial charge >= 0.3 is 0 Å².